The van der Waals surface area contributed by atoms with E-state index in [9.17, 15) is 0 Å². The summed E-state index contributed by atoms with van der Waals surface area (Å²) in [7, 11) is 0. The summed E-state index contributed by atoms with van der Waals surface area (Å²) in [5.41, 5.74) is 4.08. The van der Waals surface area contributed by atoms with Crippen molar-refractivity contribution in [2.24, 2.45) is 5.92 Å². The molecule has 22 heavy (non-hydrogen) atoms. The van der Waals surface area contributed by atoms with Crippen LogP contribution in [0.5, 0.6) is 0 Å². The van der Waals surface area contributed by atoms with Crippen LogP contribution in [0.25, 0.3) is 11.1 Å². The topological polar surface area (TPSA) is 3.24 Å². The fraction of sp³-hybridized carbons (Fsp3) is 0.429. The fourth-order valence-electron chi connectivity index (χ4n) is 3.51. The molecule has 0 amide bonds. The van der Waals surface area contributed by atoms with Crippen LogP contribution < -0.4 is 0 Å². The first-order valence-corrected chi connectivity index (χ1v) is 8.68. The number of rotatable bonds is 5. The van der Waals surface area contributed by atoms with Crippen LogP contribution in [0.1, 0.15) is 31.7 Å². The van der Waals surface area contributed by atoms with Gasteiger partial charge in [0.1, 0.15) is 0 Å². The molecule has 1 aliphatic heterocycles. The molecule has 0 N–H and O–H groups in total. The van der Waals surface area contributed by atoms with Crippen LogP contribution in [0, 0.1) is 5.92 Å². The highest BCUT2D eigenvalue weighted by atomic mass is 15.1. The van der Waals surface area contributed by atoms with E-state index in [0.717, 1.165) is 5.92 Å². The van der Waals surface area contributed by atoms with E-state index in [2.05, 4.69) is 66.4 Å². The van der Waals surface area contributed by atoms with Crippen molar-refractivity contribution in [2.45, 2.75) is 32.6 Å². The first kappa shape index (κ1) is 15.3. The molecule has 1 heteroatoms. The Morgan fingerprint density at radius 1 is 0.818 bits per heavy atom. The molecule has 1 aliphatic rings. The van der Waals surface area contributed by atoms with Crippen LogP contribution in [-0.4, -0.2) is 24.5 Å². The van der Waals surface area contributed by atoms with Gasteiger partial charge in [-0.1, -0.05) is 67.9 Å². The Labute approximate surface area is 135 Å². The van der Waals surface area contributed by atoms with Gasteiger partial charge in [-0.15, -0.1) is 0 Å². The Morgan fingerprint density at radius 3 is 2.14 bits per heavy atom. The van der Waals surface area contributed by atoms with Gasteiger partial charge >= 0.3 is 0 Å². The second kappa shape index (κ2) is 7.60. The van der Waals surface area contributed by atoms with Gasteiger partial charge in [0.05, 0.1) is 0 Å². The molecule has 0 aliphatic carbocycles. The van der Waals surface area contributed by atoms with Gasteiger partial charge in [0, 0.05) is 6.54 Å². The van der Waals surface area contributed by atoms with E-state index >= 15 is 0 Å². The summed E-state index contributed by atoms with van der Waals surface area (Å²) in [5.74, 6) is 0.737. The Kier molecular flexibility index (Phi) is 5.29. The lowest BCUT2D eigenvalue weighted by atomic mass is 9.97. The number of piperidine rings is 1. The summed E-state index contributed by atoms with van der Waals surface area (Å²) >= 11 is 0. The maximum Gasteiger partial charge on any atom is 0.00102 e. The van der Waals surface area contributed by atoms with Crippen molar-refractivity contribution in [1.29, 1.82) is 0 Å². The zero-order valence-electron chi connectivity index (χ0n) is 13.7. The molecule has 116 valence electrons. The molecule has 1 unspecified atom stereocenters. The van der Waals surface area contributed by atoms with E-state index in [1.807, 2.05) is 0 Å². The summed E-state index contributed by atoms with van der Waals surface area (Å²) in [6.45, 7) is 6.24. The average molecular weight is 293 g/mol. The molecule has 0 saturated carbocycles. The third-order valence-electron chi connectivity index (χ3n) is 4.66. The summed E-state index contributed by atoms with van der Waals surface area (Å²) in [6.07, 6.45) is 5.38. The molecule has 0 radical (unpaired) electrons. The smallest absolute Gasteiger partial charge is 0.00102 e. The van der Waals surface area contributed by atoms with Gasteiger partial charge in [0.15, 0.2) is 0 Å². The molecular formula is C21H27N. The van der Waals surface area contributed by atoms with Gasteiger partial charge in [0.25, 0.3) is 0 Å². The average Bonchev–Trinajstić information content (AvgIpc) is 2.57. The molecule has 1 saturated heterocycles. The maximum absolute atomic E-state index is 2.65. The molecule has 1 fully saturated rings. The standard InChI is InChI=1S/C21H27N/c1-18(17-22-14-6-3-7-15-22)16-19-10-12-21(13-11-19)20-8-4-2-5-9-20/h2,4-5,8-13,18H,3,6-7,14-17H2,1H3. The van der Waals surface area contributed by atoms with Crippen LogP contribution in [0.3, 0.4) is 0 Å². The van der Waals surface area contributed by atoms with Gasteiger partial charge in [-0.05, 0) is 55.0 Å². The van der Waals surface area contributed by atoms with Crippen molar-refractivity contribution in [2.75, 3.05) is 19.6 Å². The SMILES string of the molecule is CC(Cc1ccc(-c2ccccc2)cc1)CN1CCCCC1. The predicted octanol–water partition coefficient (Wildman–Crippen LogP) is 5.02. The van der Waals surface area contributed by atoms with Crippen LogP contribution in [0.2, 0.25) is 0 Å². The van der Waals surface area contributed by atoms with Crippen molar-refractivity contribution in [1.82, 2.24) is 4.90 Å². The number of hydrogen-bond donors (Lipinski definition) is 0. The minimum atomic E-state index is 0.737. The van der Waals surface area contributed by atoms with Crippen molar-refractivity contribution < 1.29 is 0 Å². The minimum absolute atomic E-state index is 0.737. The van der Waals surface area contributed by atoms with Crippen LogP contribution in [0.15, 0.2) is 54.6 Å². The van der Waals surface area contributed by atoms with Crippen molar-refractivity contribution in [3.63, 3.8) is 0 Å². The largest absolute Gasteiger partial charge is 0.303 e. The van der Waals surface area contributed by atoms with E-state index in [-0.39, 0.29) is 0 Å². The van der Waals surface area contributed by atoms with Gasteiger partial charge < -0.3 is 4.90 Å². The zero-order valence-corrected chi connectivity index (χ0v) is 13.7. The Morgan fingerprint density at radius 2 is 1.45 bits per heavy atom. The number of likely N-dealkylation sites (tertiary alicyclic amines) is 1. The van der Waals surface area contributed by atoms with Crippen molar-refractivity contribution in [3.8, 4) is 11.1 Å². The van der Waals surface area contributed by atoms with E-state index in [1.165, 1.54) is 62.0 Å². The number of benzene rings is 2. The lowest BCUT2D eigenvalue weighted by Gasteiger charge is -2.29. The molecular weight excluding hydrogens is 266 g/mol. The van der Waals surface area contributed by atoms with Gasteiger partial charge in [-0.25, -0.2) is 0 Å². The lowest BCUT2D eigenvalue weighted by Crippen LogP contribution is -2.34. The molecule has 3 rings (SSSR count). The lowest BCUT2D eigenvalue weighted by molar-refractivity contribution is 0.200. The van der Waals surface area contributed by atoms with Crippen molar-refractivity contribution in [3.05, 3.63) is 60.2 Å². The highest BCUT2D eigenvalue weighted by Crippen LogP contribution is 2.21. The van der Waals surface area contributed by atoms with E-state index in [1.54, 1.807) is 0 Å². The van der Waals surface area contributed by atoms with Crippen LogP contribution in [0.4, 0.5) is 0 Å². The van der Waals surface area contributed by atoms with Crippen LogP contribution in [-0.2, 0) is 6.42 Å². The Balaban J connectivity index is 1.56. The molecule has 0 aromatic heterocycles. The quantitative estimate of drug-likeness (QED) is 0.748. The Hall–Kier alpha value is -1.60. The monoisotopic (exact) mass is 293 g/mol. The third kappa shape index (κ3) is 4.20. The normalized spacial score (nSPS) is 17.3. The first-order valence-electron chi connectivity index (χ1n) is 8.68. The predicted molar refractivity (Wildman–Crippen MR) is 95.0 cm³/mol. The summed E-state index contributed by atoms with van der Waals surface area (Å²) in [4.78, 5) is 2.65. The van der Waals surface area contributed by atoms with Gasteiger partial charge in [0.2, 0.25) is 0 Å². The molecule has 1 atom stereocenters. The van der Waals surface area contributed by atoms with E-state index in [4.69, 9.17) is 0 Å². The number of nitrogens with zero attached hydrogens (tertiary/aromatic N) is 1. The summed E-state index contributed by atoms with van der Waals surface area (Å²) in [5, 5.41) is 0. The van der Waals surface area contributed by atoms with Gasteiger partial charge in [-0.2, -0.15) is 0 Å². The highest BCUT2D eigenvalue weighted by Gasteiger charge is 2.13. The highest BCUT2D eigenvalue weighted by molar-refractivity contribution is 5.63. The maximum atomic E-state index is 2.65. The molecule has 0 spiro atoms. The fourth-order valence-corrected chi connectivity index (χ4v) is 3.51. The number of hydrogen-bond acceptors (Lipinski definition) is 1. The first-order chi connectivity index (χ1) is 10.8. The third-order valence-corrected chi connectivity index (χ3v) is 4.66. The van der Waals surface area contributed by atoms with E-state index in [0.29, 0.717) is 0 Å². The second-order valence-corrected chi connectivity index (χ2v) is 6.73. The van der Waals surface area contributed by atoms with E-state index < -0.39 is 0 Å². The zero-order chi connectivity index (χ0) is 15.2. The summed E-state index contributed by atoms with van der Waals surface area (Å²) in [6, 6.07) is 19.7. The molecule has 0 bridgehead atoms. The molecule has 2 aromatic carbocycles. The Bertz CT molecular complexity index is 552. The van der Waals surface area contributed by atoms with Crippen LogP contribution >= 0.6 is 0 Å². The molecule has 1 heterocycles. The second-order valence-electron chi connectivity index (χ2n) is 6.73. The van der Waals surface area contributed by atoms with Crippen molar-refractivity contribution >= 4 is 0 Å². The molecule has 2 aromatic rings. The molecule has 1 nitrogen and oxygen atoms in total. The van der Waals surface area contributed by atoms with Gasteiger partial charge in [-0.3, -0.25) is 0 Å². The summed E-state index contributed by atoms with van der Waals surface area (Å²) < 4.78 is 0. The minimum Gasteiger partial charge on any atom is -0.303 e.